The molecule has 0 amide bonds. The highest BCUT2D eigenvalue weighted by molar-refractivity contribution is 5.77. The lowest BCUT2D eigenvalue weighted by molar-refractivity contribution is -0.138. The lowest BCUT2D eigenvalue weighted by Crippen LogP contribution is -2.08. The molecule has 0 radical (unpaired) electrons. The zero-order valence-corrected chi connectivity index (χ0v) is 9.05. The van der Waals surface area contributed by atoms with Gasteiger partial charge < -0.3 is 10.1 Å². The summed E-state index contributed by atoms with van der Waals surface area (Å²) in [5.41, 5.74) is 2.50. The number of aromatic nitrogens is 3. The topological polar surface area (TPSA) is 78.9 Å². The zero-order chi connectivity index (χ0) is 11.8. The van der Waals surface area contributed by atoms with Crippen LogP contribution in [-0.2, 0) is 11.2 Å². The molecule has 86 valence electrons. The second-order valence-electron chi connectivity index (χ2n) is 4.12. The average Bonchev–Trinajstić information content (AvgIpc) is 2.88. The van der Waals surface area contributed by atoms with E-state index in [-0.39, 0.29) is 0 Å². The number of carboxylic acids is 1. The van der Waals surface area contributed by atoms with Gasteiger partial charge in [0.2, 0.25) is 0 Å². The van der Waals surface area contributed by atoms with Crippen LogP contribution in [0.3, 0.4) is 0 Å². The van der Waals surface area contributed by atoms with Crippen LogP contribution in [0, 0.1) is 0 Å². The van der Waals surface area contributed by atoms with Crippen molar-refractivity contribution < 1.29 is 9.90 Å². The highest BCUT2D eigenvalue weighted by Crippen LogP contribution is 2.33. The highest BCUT2D eigenvalue weighted by Gasteiger charge is 2.32. The summed E-state index contributed by atoms with van der Waals surface area (Å²) in [6, 6.07) is 3.73. The minimum Gasteiger partial charge on any atom is -0.481 e. The van der Waals surface area contributed by atoms with Crippen LogP contribution < -0.4 is 0 Å². The lowest BCUT2D eigenvalue weighted by Gasteiger charge is -2.01. The smallest absolute Gasteiger partial charge is 0.312 e. The first-order chi connectivity index (χ1) is 8.25. The normalized spacial score (nSPS) is 18.0. The Hall–Kier alpha value is -2.17. The molecular weight excluding hydrogens is 218 g/mol. The van der Waals surface area contributed by atoms with E-state index >= 15 is 0 Å². The SMILES string of the molecule is O=C(O)C1CCc2[nH]c(-c3cccnc3)nc21. The number of nitrogens with zero attached hydrogens (tertiary/aromatic N) is 2. The first kappa shape index (κ1) is 10.0. The number of carbonyl (C=O) groups is 1. The van der Waals surface area contributed by atoms with Crippen LogP contribution in [-0.4, -0.2) is 26.0 Å². The molecule has 2 aromatic heterocycles. The van der Waals surface area contributed by atoms with Crippen molar-refractivity contribution in [1.82, 2.24) is 15.0 Å². The fourth-order valence-corrected chi connectivity index (χ4v) is 2.21. The molecule has 0 aromatic carbocycles. The van der Waals surface area contributed by atoms with Gasteiger partial charge in [0.25, 0.3) is 0 Å². The Kier molecular flexibility index (Phi) is 2.18. The predicted octanol–water partition coefficient (Wildman–Crippen LogP) is 1.59. The third-order valence-corrected chi connectivity index (χ3v) is 3.06. The fraction of sp³-hybridized carbons (Fsp3) is 0.250. The van der Waals surface area contributed by atoms with Crippen molar-refractivity contribution in [2.45, 2.75) is 18.8 Å². The third kappa shape index (κ3) is 1.60. The highest BCUT2D eigenvalue weighted by atomic mass is 16.4. The minimum absolute atomic E-state index is 0.466. The molecule has 2 aromatic rings. The van der Waals surface area contributed by atoms with Crippen LogP contribution in [0.15, 0.2) is 24.5 Å². The molecule has 0 spiro atoms. The van der Waals surface area contributed by atoms with Crippen LogP contribution in [0.5, 0.6) is 0 Å². The minimum atomic E-state index is -0.798. The van der Waals surface area contributed by atoms with E-state index in [1.165, 1.54) is 0 Å². The first-order valence-corrected chi connectivity index (χ1v) is 5.47. The number of aliphatic carboxylic acids is 1. The van der Waals surface area contributed by atoms with E-state index in [4.69, 9.17) is 5.11 Å². The Balaban J connectivity index is 2.02. The molecule has 0 saturated carbocycles. The van der Waals surface area contributed by atoms with E-state index in [2.05, 4.69) is 15.0 Å². The summed E-state index contributed by atoms with van der Waals surface area (Å²) in [6.07, 6.45) is 4.79. The van der Waals surface area contributed by atoms with E-state index in [0.29, 0.717) is 17.9 Å². The van der Waals surface area contributed by atoms with Gasteiger partial charge in [-0.1, -0.05) is 0 Å². The molecule has 1 unspecified atom stereocenters. The lowest BCUT2D eigenvalue weighted by atomic mass is 10.1. The molecule has 17 heavy (non-hydrogen) atoms. The predicted molar refractivity (Wildman–Crippen MR) is 60.5 cm³/mol. The van der Waals surface area contributed by atoms with Crippen LogP contribution >= 0.6 is 0 Å². The maximum absolute atomic E-state index is 11.0. The molecule has 2 heterocycles. The molecule has 0 fully saturated rings. The van der Waals surface area contributed by atoms with Crippen molar-refractivity contribution in [3.05, 3.63) is 35.9 Å². The molecule has 0 saturated heterocycles. The first-order valence-electron chi connectivity index (χ1n) is 5.47. The van der Waals surface area contributed by atoms with Crippen LogP contribution in [0.25, 0.3) is 11.4 Å². The van der Waals surface area contributed by atoms with Gasteiger partial charge in [-0.15, -0.1) is 0 Å². The van der Waals surface area contributed by atoms with Gasteiger partial charge in [-0.2, -0.15) is 0 Å². The molecule has 3 rings (SSSR count). The number of aromatic amines is 1. The molecule has 5 heteroatoms. The van der Waals surface area contributed by atoms with Crippen LogP contribution in [0.2, 0.25) is 0 Å². The Morgan fingerprint density at radius 3 is 3.12 bits per heavy atom. The summed E-state index contributed by atoms with van der Waals surface area (Å²) in [5.74, 6) is -0.561. The number of aryl methyl sites for hydroxylation is 1. The number of hydrogen-bond donors (Lipinski definition) is 2. The summed E-state index contributed by atoms with van der Waals surface area (Å²) < 4.78 is 0. The van der Waals surface area contributed by atoms with E-state index in [1.807, 2.05) is 12.1 Å². The number of nitrogens with one attached hydrogen (secondary N) is 1. The van der Waals surface area contributed by atoms with E-state index < -0.39 is 11.9 Å². The largest absolute Gasteiger partial charge is 0.481 e. The second-order valence-corrected chi connectivity index (χ2v) is 4.12. The standard InChI is InChI=1S/C12H11N3O2/c16-12(17)8-3-4-9-10(8)15-11(14-9)7-2-1-5-13-6-7/h1-2,5-6,8H,3-4H2,(H,14,15)(H,16,17). The Labute approximate surface area is 97.5 Å². The quantitative estimate of drug-likeness (QED) is 0.819. The van der Waals surface area contributed by atoms with Gasteiger partial charge in [-0.3, -0.25) is 9.78 Å². The Bertz CT molecular complexity index is 562. The number of fused-ring (bicyclic) bond motifs is 1. The van der Waals surface area contributed by atoms with Gasteiger partial charge in [0.1, 0.15) is 11.7 Å². The van der Waals surface area contributed by atoms with Crippen molar-refractivity contribution in [3.8, 4) is 11.4 Å². The molecule has 0 bridgehead atoms. The summed E-state index contributed by atoms with van der Waals surface area (Å²) in [7, 11) is 0. The fourth-order valence-electron chi connectivity index (χ4n) is 2.21. The summed E-state index contributed by atoms with van der Waals surface area (Å²) in [6.45, 7) is 0. The molecule has 0 aliphatic heterocycles. The monoisotopic (exact) mass is 229 g/mol. The molecule has 2 N–H and O–H groups in total. The average molecular weight is 229 g/mol. The number of rotatable bonds is 2. The van der Waals surface area contributed by atoms with Crippen LogP contribution in [0.1, 0.15) is 23.7 Å². The number of imidazole rings is 1. The van der Waals surface area contributed by atoms with Crippen LogP contribution in [0.4, 0.5) is 0 Å². The Morgan fingerprint density at radius 2 is 2.41 bits per heavy atom. The number of H-pyrrole nitrogens is 1. The van der Waals surface area contributed by atoms with E-state index in [9.17, 15) is 4.79 Å². The van der Waals surface area contributed by atoms with Gasteiger partial charge in [0, 0.05) is 23.7 Å². The van der Waals surface area contributed by atoms with E-state index in [0.717, 1.165) is 17.7 Å². The molecule has 1 aliphatic rings. The van der Waals surface area contributed by atoms with Crippen molar-refractivity contribution in [2.75, 3.05) is 0 Å². The van der Waals surface area contributed by atoms with Gasteiger partial charge in [-0.25, -0.2) is 4.98 Å². The maximum atomic E-state index is 11.0. The van der Waals surface area contributed by atoms with Crippen molar-refractivity contribution in [2.24, 2.45) is 0 Å². The summed E-state index contributed by atoms with van der Waals surface area (Å²) >= 11 is 0. The van der Waals surface area contributed by atoms with Gasteiger partial charge in [0.05, 0.1) is 5.69 Å². The van der Waals surface area contributed by atoms with Crippen molar-refractivity contribution >= 4 is 5.97 Å². The summed E-state index contributed by atoms with van der Waals surface area (Å²) in [4.78, 5) is 22.6. The molecule has 1 aliphatic carbocycles. The van der Waals surface area contributed by atoms with Crippen molar-refractivity contribution in [3.63, 3.8) is 0 Å². The zero-order valence-electron chi connectivity index (χ0n) is 9.05. The van der Waals surface area contributed by atoms with E-state index in [1.54, 1.807) is 12.4 Å². The van der Waals surface area contributed by atoms with Gasteiger partial charge in [-0.05, 0) is 25.0 Å². The van der Waals surface area contributed by atoms with Gasteiger partial charge in [0.15, 0.2) is 0 Å². The maximum Gasteiger partial charge on any atom is 0.312 e. The summed E-state index contributed by atoms with van der Waals surface area (Å²) in [5, 5.41) is 9.07. The third-order valence-electron chi connectivity index (χ3n) is 3.06. The second kappa shape index (κ2) is 3.69. The number of carboxylic acid groups (broad SMARTS) is 1. The number of pyridine rings is 1. The molecule has 1 atom stereocenters. The van der Waals surface area contributed by atoms with Crippen molar-refractivity contribution in [1.29, 1.82) is 0 Å². The Morgan fingerprint density at radius 1 is 1.53 bits per heavy atom. The number of hydrogen-bond acceptors (Lipinski definition) is 3. The molecular formula is C12H11N3O2. The van der Waals surface area contributed by atoms with Gasteiger partial charge >= 0.3 is 5.97 Å². The molecule has 5 nitrogen and oxygen atoms in total.